The van der Waals surface area contributed by atoms with Crippen molar-refractivity contribution >= 4 is 5.91 Å². The van der Waals surface area contributed by atoms with Gasteiger partial charge in [0.15, 0.2) is 0 Å². The molecule has 0 aromatic heterocycles. The predicted molar refractivity (Wildman–Crippen MR) is 70.8 cm³/mol. The van der Waals surface area contributed by atoms with Gasteiger partial charge in [0.05, 0.1) is 5.54 Å². The van der Waals surface area contributed by atoms with Gasteiger partial charge in [-0.3, -0.25) is 4.79 Å². The lowest BCUT2D eigenvalue weighted by Gasteiger charge is -2.42. The Labute approximate surface area is 108 Å². The van der Waals surface area contributed by atoms with E-state index in [0.29, 0.717) is 12.1 Å². The molecule has 4 heteroatoms. The van der Waals surface area contributed by atoms with Crippen molar-refractivity contribution in [2.45, 2.75) is 26.3 Å². The number of carbonyl (C=O) groups is 1. The molecule has 1 saturated heterocycles. The highest BCUT2D eigenvalue weighted by atomic mass is 16.3. The number of aryl methyl sites for hydroxylation is 1. The SMILES string of the molecule is Cc1cc(C(=O)N2CCNCC2(C)C)ccc1O. The van der Waals surface area contributed by atoms with E-state index in [4.69, 9.17) is 0 Å². The average Bonchev–Trinajstić information content (AvgIpc) is 2.31. The van der Waals surface area contributed by atoms with Gasteiger partial charge in [-0.25, -0.2) is 0 Å². The van der Waals surface area contributed by atoms with Crippen LogP contribution in [0.3, 0.4) is 0 Å². The minimum Gasteiger partial charge on any atom is -0.508 e. The second-order valence-corrected chi connectivity index (χ2v) is 5.45. The van der Waals surface area contributed by atoms with Crippen LogP contribution >= 0.6 is 0 Å². The largest absolute Gasteiger partial charge is 0.508 e. The number of aromatic hydroxyl groups is 1. The van der Waals surface area contributed by atoms with E-state index in [1.54, 1.807) is 25.1 Å². The molecular weight excluding hydrogens is 228 g/mol. The third-order valence-electron chi connectivity index (χ3n) is 3.49. The van der Waals surface area contributed by atoms with E-state index in [2.05, 4.69) is 19.2 Å². The molecule has 0 aliphatic carbocycles. The zero-order valence-corrected chi connectivity index (χ0v) is 11.2. The molecule has 1 fully saturated rings. The molecule has 0 unspecified atom stereocenters. The molecule has 2 rings (SSSR count). The molecule has 0 radical (unpaired) electrons. The molecule has 0 bridgehead atoms. The molecule has 1 aliphatic heterocycles. The van der Waals surface area contributed by atoms with E-state index >= 15 is 0 Å². The maximum Gasteiger partial charge on any atom is 0.254 e. The van der Waals surface area contributed by atoms with E-state index in [0.717, 1.165) is 18.7 Å². The minimum absolute atomic E-state index is 0.0320. The second kappa shape index (κ2) is 4.61. The molecule has 98 valence electrons. The van der Waals surface area contributed by atoms with Gasteiger partial charge in [0.25, 0.3) is 5.91 Å². The molecule has 0 spiro atoms. The summed E-state index contributed by atoms with van der Waals surface area (Å²) in [7, 11) is 0. The number of rotatable bonds is 1. The third-order valence-corrected chi connectivity index (χ3v) is 3.49. The van der Waals surface area contributed by atoms with Crippen LogP contribution in [0.5, 0.6) is 5.75 Å². The van der Waals surface area contributed by atoms with Crippen LogP contribution in [0.2, 0.25) is 0 Å². The molecular formula is C14H20N2O2. The topological polar surface area (TPSA) is 52.6 Å². The van der Waals surface area contributed by atoms with Gasteiger partial charge in [0, 0.05) is 25.2 Å². The minimum atomic E-state index is -0.179. The molecule has 0 saturated carbocycles. The molecule has 1 amide bonds. The quantitative estimate of drug-likeness (QED) is 0.792. The summed E-state index contributed by atoms with van der Waals surface area (Å²) in [6.45, 7) is 8.26. The summed E-state index contributed by atoms with van der Waals surface area (Å²) in [5.74, 6) is 0.260. The fourth-order valence-electron chi connectivity index (χ4n) is 2.30. The van der Waals surface area contributed by atoms with E-state index in [1.165, 1.54) is 0 Å². The summed E-state index contributed by atoms with van der Waals surface area (Å²) >= 11 is 0. The van der Waals surface area contributed by atoms with Crippen LogP contribution in [0.25, 0.3) is 0 Å². The first-order chi connectivity index (χ1) is 8.42. The first kappa shape index (κ1) is 12.9. The summed E-state index contributed by atoms with van der Waals surface area (Å²) in [6, 6.07) is 5.01. The highest BCUT2D eigenvalue weighted by Crippen LogP contribution is 2.22. The smallest absolute Gasteiger partial charge is 0.254 e. The van der Waals surface area contributed by atoms with Gasteiger partial charge in [-0.15, -0.1) is 0 Å². The van der Waals surface area contributed by atoms with Crippen molar-refractivity contribution in [3.8, 4) is 5.75 Å². The lowest BCUT2D eigenvalue weighted by Crippen LogP contribution is -2.59. The van der Waals surface area contributed by atoms with Gasteiger partial charge < -0.3 is 15.3 Å². The zero-order valence-electron chi connectivity index (χ0n) is 11.2. The Hall–Kier alpha value is -1.55. The van der Waals surface area contributed by atoms with Gasteiger partial charge >= 0.3 is 0 Å². The maximum absolute atomic E-state index is 12.5. The highest BCUT2D eigenvalue weighted by Gasteiger charge is 2.33. The standard InChI is InChI=1S/C14H20N2O2/c1-10-8-11(4-5-12(10)17)13(18)16-7-6-15-9-14(16,2)3/h4-5,8,15,17H,6-7,9H2,1-3H3. The number of nitrogens with one attached hydrogen (secondary N) is 1. The molecule has 2 N–H and O–H groups in total. The van der Waals surface area contributed by atoms with Crippen molar-refractivity contribution in [2.75, 3.05) is 19.6 Å². The second-order valence-electron chi connectivity index (χ2n) is 5.45. The van der Waals surface area contributed by atoms with Crippen molar-refractivity contribution in [3.05, 3.63) is 29.3 Å². The Morgan fingerprint density at radius 1 is 1.44 bits per heavy atom. The van der Waals surface area contributed by atoms with Gasteiger partial charge in [0.2, 0.25) is 0 Å². The summed E-state index contributed by atoms with van der Waals surface area (Å²) in [4.78, 5) is 14.4. The molecule has 1 heterocycles. The van der Waals surface area contributed by atoms with E-state index < -0.39 is 0 Å². The normalized spacial score (nSPS) is 18.7. The monoisotopic (exact) mass is 248 g/mol. The first-order valence-corrected chi connectivity index (χ1v) is 6.24. The van der Waals surface area contributed by atoms with Crippen LogP contribution in [0, 0.1) is 6.92 Å². The number of phenolic OH excluding ortho intramolecular Hbond substituents is 1. The number of carbonyl (C=O) groups excluding carboxylic acids is 1. The van der Waals surface area contributed by atoms with Gasteiger partial charge in [-0.05, 0) is 44.5 Å². The summed E-state index contributed by atoms with van der Waals surface area (Å²) in [5.41, 5.74) is 1.19. The number of hydrogen-bond acceptors (Lipinski definition) is 3. The van der Waals surface area contributed by atoms with Crippen molar-refractivity contribution in [1.82, 2.24) is 10.2 Å². The van der Waals surface area contributed by atoms with Crippen molar-refractivity contribution in [2.24, 2.45) is 0 Å². The number of phenols is 1. The summed E-state index contributed by atoms with van der Waals surface area (Å²) in [6.07, 6.45) is 0. The van der Waals surface area contributed by atoms with Crippen LogP contribution in [-0.2, 0) is 0 Å². The first-order valence-electron chi connectivity index (χ1n) is 6.24. The van der Waals surface area contributed by atoms with Crippen molar-refractivity contribution in [1.29, 1.82) is 0 Å². The van der Waals surface area contributed by atoms with E-state index in [-0.39, 0.29) is 17.2 Å². The number of hydrogen-bond donors (Lipinski definition) is 2. The average molecular weight is 248 g/mol. The van der Waals surface area contributed by atoms with Gasteiger partial charge in [-0.1, -0.05) is 0 Å². The number of piperazine rings is 1. The Morgan fingerprint density at radius 3 is 2.78 bits per heavy atom. The van der Waals surface area contributed by atoms with Crippen LogP contribution in [0.1, 0.15) is 29.8 Å². The van der Waals surface area contributed by atoms with Gasteiger partial charge in [-0.2, -0.15) is 0 Å². The fourth-order valence-corrected chi connectivity index (χ4v) is 2.30. The Morgan fingerprint density at radius 2 is 2.17 bits per heavy atom. The summed E-state index contributed by atoms with van der Waals surface area (Å²) in [5, 5.41) is 12.8. The van der Waals surface area contributed by atoms with Crippen LogP contribution in [0.15, 0.2) is 18.2 Å². The Kier molecular flexibility index (Phi) is 3.30. The summed E-state index contributed by atoms with van der Waals surface area (Å²) < 4.78 is 0. The number of amides is 1. The van der Waals surface area contributed by atoms with Crippen molar-refractivity contribution < 1.29 is 9.90 Å². The van der Waals surface area contributed by atoms with Crippen LogP contribution in [-0.4, -0.2) is 41.1 Å². The van der Waals surface area contributed by atoms with Crippen LogP contribution < -0.4 is 5.32 Å². The maximum atomic E-state index is 12.5. The molecule has 1 aromatic rings. The lowest BCUT2D eigenvalue weighted by molar-refractivity contribution is 0.0477. The molecule has 4 nitrogen and oxygen atoms in total. The third kappa shape index (κ3) is 2.34. The number of nitrogens with zero attached hydrogens (tertiary/aromatic N) is 1. The molecule has 18 heavy (non-hydrogen) atoms. The molecule has 1 aliphatic rings. The molecule has 1 aromatic carbocycles. The Balaban J connectivity index is 2.27. The fraction of sp³-hybridized carbons (Fsp3) is 0.500. The van der Waals surface area contributed by atoms with Crippen molar-refractivity contribution in [3.63, 3.8) is 0 Å². The highest BCUT2D eigenvalue weighted by molar-refractivity contribution is 5.95. The number of benzene rings is 1. The van der Waals surface area contributed by atoms with E-state index in [9.17, 15) is 9.90 Å². The lowest BCUT2D eigenvalue weighted by atomic mass is 9.98. The van der Waals surface area contributed by atoms with Crippen LogP contribution in [0.4, 0.5) is 0 Å². The zero-order chi connectivity index (χ0) is 13.3. The van der Waals surface area contributed by atoms with E-state index in [1.807, 2.05) is 4.90 Å². The predicted octanol–water partition coefficient (Wildman–Crippen LogP) is 1.52. The van der Waals surface area contributed by atoms with Gasteiger partial charge in [0.1, 0.15) is 5.75 Å². The Bertz CT molecular complexity index is 469. The molecule has 0 atom stereocenters.